The number of rotatable bonds is 5. The molecule has 8 heteroatoms. The van der Waals surface area contributed by atoms with Gasteiger partial charge in [0.2, 0.25) is 0 Å². The van der Waals surface area contributed by atoms with Crippen LogP contribution in [0.3, 0.4) is 0 Å². The number of nitrogens with one attached hydrogen (secondary N) is 1. The summed E-state index contributed by atoms with van der Waals surface area (Å²) in [7, 11) is 1.54. The Morgan fingerprint density at radius 1 is 1.31 bits per heavy atom. The van der Waals surface area contributed by atoms with Gasteiger partial charge in [-0.2, -0.15) is 0 Å². The second kappa shape index (κ2) is 8.20. The summed E-state index contributed by atoms with van der Waals surface area (Å²) in [6.07, 6.45) is 1.73. The molecule has 2 aromatic rings. The molecule has 0 saturated carbocycles. The Kier molecular flexibility index (Phi) is 5.95. The molecule has 1 aliphatic rings. The van der Waals surface area contributed by atoms with Crippen LogP contribution in [0.1, 0.15) is 11.1 Å². The van der Waals surface area contributed by atoms with Crippen molar-refractivity contribution in [2.24, 2.45) is 0 Å². The fourth-order valence-electron chi connectivity index (χ4n) is 2.27. The van der Waals surface area contributed by atoms with Gasteiger partial charge in [-0.1, -0.05) is 36.1 Å². The molecule has 0 unspecified atom stereocenters. The van der Waals surface area contributed by atoms with E-state index in [-0.39, 0.29) is 18.3 Å². The normalized spacial score (nSPS) is 15.3. The van der Waals surface area contributed by atoms with Crippen molar-refractivity contribution in [1.29, 1.82) is 0 Å². The SMILES string of the molecule is COc1cc(/C=C2/SC(=S)NC2=O)cc(Br)c1OCc1ccc(F)cc1. The lowest BCUT2D eigenvalue weighted by atomic mass is 10.2. The molecule has 0 atom stereocenters. The summed E-state index contributed by atoms with van der Waals surface area (Å²) in [5.41, 5.74) is 1.60. The van der Waals surface area contributed by atoms with Gasteiger partial charge in [0.15, 0.2) is 11.5 Å². The zero-order valence-corrected chi connectivity index (χ0v) is 16.8. The average Bonchev–Trinajstić information content (AvgIpc) is 2.92. The first-order chi connectivity index (χ1) is 12.5. The first kappa shape index (κ1) is 18.9. The maximum Gasteiger partial charge on any atom is 0.263 e. The molecular formula is C18H13BrFNO3S2. The van der Waals surface area contributed by atoms with E-state index in [1.807, 2.05) is 6.07 Å². The molecule has 3 rings (SSSR count). The highest BCUT2D eigenvalue weighted by atomic mass is 79.9. The van der Waals surface area contributed by atoms with Gasteiger partial charge in [0.1, 0.15) is 16.7 Å². The van der Waals surface area contributed by atoms with Crippen LogP contribution in [-0.2, 0) is 11.4 Å². The Morgan fingerprint density at radius 3 is 2.65 bits per heavy atom. The molecular weight excluding hydrogens is 441 g/mol. The van der Waals surface area contributed by atoms with E-state index in [1.165, 1.54) is 31.0 Å². The van der Waals surface area contributed by atoms with E-state index in [4.69, 9.17) is 21.7 Å². The van der Waals surface area contributed by atoms with Crippen molar-refractivity contribution < 1.29 is 18.7 Å². The van der Waals surface area contributed by atoms with Gasteiger partial charge in [0.25, 0.3) is 5.91 Å². The fourth-order valence-corrected chi connectivity index (χ4v) is 3.89. The van der Waals surface area contributed by atoms with Crippen LogP contribution < -0.4 is 14.8 Å². The summed E-state index contributed by atoms with van der Waals surface area (Å²) in [4.78, 5) is 12.3. The number of carbonyl (C=O) groups excluding carboxylic acids is 1. The molecule has 4 nitrogen and oxygen atoms in total. The van der Waals surface area contributed by atoms with Crippen LogP contribution in [0.4, 0.5) is 4.39 Å². The van der Waals surface area contributed by atoms with Crippen molar-refractivity contribution in [2.45, 2.75) is 6.61 Å². The third-order valence-corrected chi connectivity index (χ3v) is 5.24. The van der Waals surface area contributed by atoms with Crippen LogP contribution in [0.2, 0.25) is 0 Å². The van der Waals surface area contributed by atoms with Crippen molar-refractivity contribution >= 4 is 56.2 Å². The number of hydrogen-bond acceptors (Lipinski definition) is 5. The zero-order valence-electron chi connectivity index (χ0n) is 13.5. The zero-order chi connectivity index (χ0) is 18.7. The van der Waals surface area contributed by atoms with Crippen LogP contribution in [0.5, 0.6) is 11.5 Å². The monoisotopic (exact) mass is 453 g/mol. The van der Waals surface area contributed by atoms with E-state index in [0.717, 1.165) is 11.1 Å². The summed E-state index contributed by atoms with van der Waals surface area (Å²) in [6, 6.07) is 9.68. The molecule has 0 aromatic heterocycles. The maximum absolute atomic E-state index is 13.0. The molecule has 1 N–H and O–H groups in total. The maximum atomic E-state index is 13.0. The Bertz CT molecular complexity index is 900. The molecule has 1 heterocycles. The summed E-state index contributed by atoms with van der Waals surface area (Å²) >= 11 is 9.67. The van der Waals surface area contributed by atoms with Gasteiger partial charge in [-0.3, -0.25) is 4.79 Å². The number of thiocarbonyl (C=S) groups is 1. The van der Waals surface area contributed by atoms with E-state index in [9.17, 15) is 9.18 Å². The molecule has 1 amide bonds. The minimum atomic E-state index is -0.293. The summed E-state index contributed by atoms with van der Waals surface area (Å²) < 4.78 is 25.3. The minimum absolute atomic E-state index is 0.216. The van der Waals surface area contributed by atoms with Crippen molar-refractivity contribution in [3.8, 4) is 11.5 Å². The number of carbonyl (C=O) groups is 1. The topological polar surface area (TPSA) is 47.6 Å². The smallest absolute Gasteiger partial charge is 0.263 e. The number of benzene rings is 2. The summed E-state index contributed by atoms with van der Waals surface area (Å²) in [5, 5.41) is 2.58. The van der Waals surface area contributed by atoms with Crippen molar-refractivity contribution in [3.63, 3.8) is 0 Å². The first-order valence-electron chi connectivity index (χ1n) is 7.46. The van der Waals surface area contributed by atoms with Crippen LogP contribution in [-0.4, -0.2) is 17.3 Å². The number of ether oxygens (including phenoxy) is 2. The van der Waals surface area contributed by atoms with Gasteiger partial charge in [0, 0.05) is 0 Å². The number of hydrogen-bond donors (Lipinski definition) is 1. The lowest BCUT2D eigenvalue weighted by Crippen LogP contribution is -2.17. The Balaban J connectivity index is 1.83. The second-order valence-electron chi connectivity index (χ2n) is 5.30. The Morgan fingerprint density at radius 2 is 2.04 bits per heavy atom. The third kappa shape index (κ3) is 4.44. The van der Waals surface area contributed by atoms with E-state index >= 15 is 0 Å². The molecule has 1 fully saturated rings. The lowest BCUT2D eigenvalue weighted by Gasteiger charge is -2.14. The first-order valence-corrected chi connectivity index (χ1v) is 9.47. The van der Waals surface area contributed by atoms with E-state index < -0.39 is 0 Å². The Hall–Kier alpha value is -1.90. The highest BCUT2D eigenvalue weighted by molar-refractivity contribution is 9.10. The van der Waals surface area contributed by atoms with Crippen LogP contribution >= 0.6 is 39.9 Å². The molecule has 1 aliphatic heterocycles. The number of halogens is 2. The number of thioether (sulfide) groups is 1. The van der Waals surface area contributed by atoms with Gasteiger partial charge >= 0.3 is 0 Å². The molecule has 134 valence electrons. The summed E-state index contributed by atoms with van der Waals surface area (Å²) in [6.45, 7) is 0.266. The quantitative estimate of drug-likeness (QED) is 0.526. The predicted octanol–water partition coefficient (Wildman–Crippen LogP) is 4.66. The van der Waals surface area contributed by atoms with Gasteiger partial charge in [0.05, 0.1) is 16.5 Å². The van der Waals surface area contributed by atoms with Crippen molar-refractivity contribution in [3.05, 3.63) is 62.7 Å². The predicted molar refractivity (Wildman–Crippen MR) is 108 cm³/mol. The standard InChI is InChI=1S/C18H13BrFNO3S2/c1-23-14-7-11(8-15-17(22)21-18(25)26-15)6-13(19)16(14)24-9-10-2-4-12(20)5-3-10/h2-8H,9H2,1H3,(H,21,22,25)/b15-8+. The molecule has 1 saturated heterocycles. The van der Waals surface area contributed by atoms with E-state index in [1.54, 1.807) is 24.3 Å². The number of amides is 1. The van der Waals surface area contributed by atoms with Gasteiger partial charge in [-0.15, -0.1) is 0 Å². The molecule has 26 heavy (non-hydrogen) atoms. The number of methoxy groups -OCH3 is 1. The van der Waals surface area contributed by atoms with Crippen molar-refractivity contribution in [1.82, 2.24) is 5.32 Å². The van der Waals surface area contributed by atoms with Gasteiger partial charge in [-0.05, 0) is 57.4 Å². The molecule has 2 aromatic carbocycles. The average molecular weight is 454 g/mol. The van der Waals surface area contributed by atoms with Gasteiger partial charge < -0.3 is 14.8 Å². The van der Waals surface area contributed by atoms with Gasteiger partial charge in [-0.25, -0.2) is 4.39 Å². The largest absolute Gasteiger partial charge is 0.493 e. The molecule has 0 aliphatic carbocycles. The highest BCUT2D eigenvalue weighted by Crippen LogP contribution is 2.38. The van der Waals surface area contributed by atoms with Crippen LogP contribution in [0.25, 0.3) is 6.08 Å². The van der Waals surface area contributed by atoms with E-state index in [0.29, 0.717) is 25.2 Å². The molecule has 0 bridgehead atoms. The van der Waals surface area contributed by atoms with Crippen LogP contribution in [0, 0.1) is 5.82 Å². The van der Waals surface area contributed by atoms with E-state index in [2.05, 4.69) is 21.2 Å². The third-order valence-electron chi connectivity index (χ3n) is 3.49. The summed E-state index contributed by atoms with van der Waals surface area (Å²) in [5.74, 6) is 0.530. The lowest BCUT2D eigenvalue weighted by molar-refractivity contribution is -0.115. The van der Waals surface area contributed by atoms with Crippen molar-refractivity contribution in [2.75, 3.05) is 7.11 Å². The second-order valence-corrected chi connectivity index (χ2v) is 7.87. The highest BCUT2D eigenvalue weighted by Gasteiger charge is 2.22. The molecule has 0 radical (unpaired) electrons. The van der Waals surface area contributed by atoms with Crippen LogP contribution in [0.15, 0.2) is 45.8 Å². The Labute approximate surface area is 167 Å². The fraction of sp³-hybridized carbons (Fsp3) is 0.111. The molecule has 0 spiro atoms. The minimum Gasteiger partial charge on any atom is -0.493 e.